The molecule has 0 saturated carbocycles. The lowest BCUT2D eigenvalue weighted by Gasteiger charge is -2.28. The van der Waals surface area contributed by atoms with E-state index in [1.54, 1.807) is 31.3 Å². The molecule has 2 atom stereocenters. The lowest BCUT2D eigenvalue weighted by Crippen LogP contribution is -2.45. The molecule has 11 heteroatoms. The maximum Gasteiger partial charge on any atom is 0.337 e. The zero-order chi connectivity index (χ0) is 25.4. The van der Waals surface area contributed by atoms with E-state index in [0.29, 0.717) is 29.4 Å². The van der Waals surface area contributed by atoms with Crippen molar-refractivity contribution in [1.29, 1.82) is 0 Å². The van der Waals surface area contributed by atoms with Crippen molar-refractivity contribution in [2.45, 2.75) is 26.1 Å². The van der Waals surface area contributed by atoms with E-state index in [0.717, 1.165) is 9.13 Å². The Bertz CT molecular complexity index is 1140. The first-order chi connectivity index (χ1) is 16.8. The van der Waals surface area contributed by atoms with Gasteiger partial charge >= 0.3 is 12.0 Å². The van der Waals surface area contributed by atoms with Gasteiger partial charge in [0.1, 0.15) is 6.61 Å². The van der Waals surface area contributed by atoms with Gasteiger partial charge in [-0.1, -0.05) is 18.2 Å². The van der Waals surface area contributed by atoms with Gasteiger partial charge in [-0.05, 0) is 71.8 Å². The summed E-state index contributed by atoms with van der Waals surface area (Å²) in [4.78, 5) is 24.4. The Morgan fingerprint density at radius 3 is 2.77 bits per heavy atom. The average Bonchev–Trinajstić information content (AvgIpc) is 2.82. The molecule has 2 aromatic carbocycles. The average molecular weight is 594 g/mol. The van der Waals surface area contributed by atoms with Crippen LogP contribution >= 0.6 is 22.6 Å². The van der Waals surface area contributed by atoms with Gasteiger partial charge in [-0.2, -0.15) is 5.10 Å². The summed E-state index contributed by atoms with van der Waals surface area (Å²) in [7, 11) is 1.28. The fourth-order valence-corrected chi connectivity index (χ4v) is 3.97. The molecule has 3 rings (SSSR count). The first kappa shape index (κ1) is 26.3. The van der Waals surface area contributed by atoms with Crippen LogP contribution in [0.4, 0.5) is 4.79 Å². The zero-order valence-electron chi connectivity index (χ0n) is 19.5. The largest absolute Gasteiger partial charge is 0.490 e. The molecule has 10 nitrogen and oxygen atoms in total. The van der Waals surface area contributed by atoms with Crippen LogP contribution in [0.3, 0.4) is 0 Å². The summed E-state index contributed by atoms with van der Waals surface area (Å²) in [5, 5.41) is 19.6. The van der Waals surface area contributed by atoms with Crippen LogP contribution < -0.4 is 25.5 Å². The number of hydrogen-bond acceptors (Lipinski definition) is 8. The maximum atomic E-state index is 12.3. The molecule has 0 bridgehead atoms. The maximum absolute atomic E-state index is 12.3. The van der Waals surface area contributed by atoms with Gasteiger partial charge in [0.2, 0.25) is 0 Å². The van der Waals surface area contributed by atoms with E-state index in [2.05, 4.69) is 43.8 Å². The number of rotatable bonds is 10. The summed E-state index contributed by atoms with van der Waals surface area (Å²) in [6.07, 6.45) is 0.538. The minimum absolute atomic E-state index is 0.0976. The number of amides is 2. The minimum Gasteiger partial charge on any atom is -0.490 e. The van der Waals surface area contributed by atoms with Crippen molar-refractivity contribution in [2.75, 3.05) is 20.3 Å². The highest BCUT2D eigenvalue weighted by atomic mass is 127. The Labute approximate surface area is 216 Å². The van der Waals surface area contributed by atoms with Crippen molar-refractivity contribution in [3.05, 3.63) is 68.4 Å². The molecule has 4 N–H and O–H groups in total. The molecule has 1 aliphatic heterocycles. The lowest BCUT2D eigenvalue weighted by molar-refractivity contribution is -0.136. The predicted octanol–water partition coefficient (Wildman–Crippen LogP) is 2.81. The number of urea groups is 1. The van der Waals surface area contributed by atoms with E-state index >= 15 is 0 Å². The van der Waals surface area contributed by atoms with Crippen molar-refractivity contribution in [3.8, 4) is 11.5 Å². The molecule has 1 heterocycles. The molecule has 0 radical (unpaired) electrons. The molecule has 0 saturated heterocycles. The Balaban J connectivity index is 1.71. The number of nitrogens with zero attached hydrogens (tertiary/aromatic N) is 1. The van der Waals surface area contributed by atoms with Gasteiger partial charge in [0.25, 0.3) is 0 Å². The predicted molar refractivity (Wildman–Crippen MR) is 138 cm³/mol. The molecular formula is C24H27IN4O6. The van der Waals surface area contributed by atoms with E-state index in [9.17, 15) is 14.7 Å². The summed E-state index contributed by atoms with van der Waals surface area (Å²) in [6.45, 7) is 3.72. The fraction of sp³-hybridized carbons (Fsp3) is 0.292. The van der Waals surface area contributed by atoms with Crippen molar-refractivity contribution in [3.63, 3.8) is 0 Å². The molecule has 2 aromatic rings. The number of allylic oxidation sites excluding steroid dienone is 1. The molecule has 35 heavy (non-hydrogen) atoms. The Morgan fingerprint density at radius 2 is 2.06 bits per heavy atom. The Kier molecular flexibility index (Phi) is 9.32. The number of esters is 1. The van der Waals surface area contributed by atoms with Gasteiger partial charge in [0.05, 0.1) is 31.5 Å². The number of hydrogen-bond donors (Lipinski definition) is 4. The molecule has 0 aromatic heterocycles. The van der Waals surface area contributed by atoms with Crippen LogP contribution in [-0.4, -0.2) is 49.9 Å². The topological polar surface area (TPSA) is 131 Å². The van der Waals surface area contributed by atoms with Crippen LogP contribution in [0.2, 0.25) is 0 Å². The van der Waals surface area contributed by atoms with E-state index in [1.807, 2.05) is 31.2 Å². The van der Waals surface area contributed by atoms with Gasteiger partial charge in [0.15, 0.2) is 17.7 Å². The molecule has 1 aliphatic rings. The highest BCUT2D eigenvalue weighted by molar-refractivity contribution is 14.1. The van der Waals surface area contributed by atoms with E-state index in [4.69, 9.17) is 14.2 Å². The second kappa shape index (κ2) is 12.4. The van der Waals surface area contributed by atoms with Crippen LogP contribution in [0.5, 0.6) is 11.5 Å². The summed E-state index contributed by atoms with van der Waals surface area (Å²) >= 11 is 2.21. The number of ether oxygens (including phenoxy) is 3. The number of halogens is 1. The third-order valence-electron chi connectivity index (χ3n) is 4.96. The summed E-state index contributed by atoms with van der Waals surface area (Å²) in [5.41, 5.74) is 4.81. The second-order valence-corrected chi connectivity index (χ2v) is 8.72. The monoisotopic (exact) mass is 594 g/mol. The van der Waals surface area contributed by atoms with E-state index < -0.39 is 24.3 Å². The molecule has 186 valence electrons. The Morgan fingerprint density at radius 1 is 1.26 bits per heavy atom. The van der Waals surface area contributed by atoms with Gasteiger partial charge < -0.3 is 30.0 Å². The minimum atomic E-state index is -1.07. The normalized spacial score (nSPS) is 16.4. The third-order valence-corrected chi connectivity index (χ3v) is 5.63. The second-order valence-electron chi connectivity index (χ2n) is 7.47. The van der Waals surface area contributed by atoms with E-state index in [-0.39, 0.29) is 12.2 Å². The standard InChI is InChI=1S/C24H27IN4O6/c1-4-34-19-11-16(22-21(23(31)33-3)14(2)27-24(32)28-22)8-9-18(19)35-13-20(30)29-26-12-15-6-5-7-17(25)10-15/h5-12,20,22,29-30H,4,13H2,1-3H3,(H2,27,28,32)/b26-12-/t20-,22+/m0/s1. The lowest BCUT2D eigenvalue weighted by atomic mass is 9.95. The summed E-state index contributed by atoms with van der Waals surface area (Å²) < 4.78 is 17.4. The number of carbonyl (C=O) groups is 2. The van der Waals surface area contributed by atoms with Crippen LogP contribution in [-0.2, 0) is 9.53 Å². The number of carbonyl (C=O) groups excluding carboxylic acids is 2. The van der Waals surface area contributed by atoms with Gasteiger partial charge in [-0.3, -0.25) is 5.43 Å². The first-order valence-corrected chi connectivity index (χ1v) is 11.9. The van der Waals surface area contributed by atoms with Crippen LogP contribution in [0, 0.1) is 3.57 Å². The number of hydrazone groups is 1. The highest BCUT2D eigenvalue weighted by Crippen LogP contribution is 2.34. The van der Waals surface area contributed by atoms with Crippen LogP contribution in [0.25, 0.3) is 0 Å². The first-order valence-electron chi connectivity index (χ1n) is 10.8. The highest BCUT2D eigenvalue weighted by Gasteiger charge is 2.32. The SMILES string of the molecule is CCOc1cc([C@H]2NC(=O)NC(C)=C2C(=O)OC)ccc1OC[C@H](O)N/N=C\c1cccc(I)c1. The van der Waals surface area contributed by atoms with Crippen LogP contribution in [0.1, 0.15) is 31.0 Å². The van der Waals surface area contributed by atoms with Crippen molar-refractivity contribution in [1.82, 2.24) is 16.1 Å². The number of methoxy groups -OCH3 is 1. The number of aliphatic hydroxyl groups is 1. The zero-order valence-corrected chi connectivity index (χ0v) is 21.7. The van der Waals surface area contributed by atoms with Gasteiger partial charge in [-0.25, -0.2) is 9.59 Å². The molecule has 0 fully saturated rings. The smallest absolute Gasteiger partial charge is 0.337 e. The summed E-state index contributed by atoms with van der Waals surface area (Å²) in [6, 6.07) is 11.6. The van der Waals surface area contributed by atoms with E-state index in [1.165, 1.54) is 7.11 Å². The third kappa shape index (κ3) is 7.09. The molecule has 0 spiro atoms. The van der Waals surface area contributed by atoms with Crippen molar-refractivity contribution in [2.24, 2.45) is 5.10 Å². The van der Waals surface area contributed by atoms with Crippen LogP contribution in [0.15, 0.2) is 58.8 Å². The van der Waals surface area contributed by atoms with Gasteiger partial charge in [0, 0.05) is 9.27 Å². The quantitative estimate of drug-likeness (QED) is 0.109. The molecular weight excluding hydrogens is 567 g/mol. The Hall–Kier alpha value is -3.32. The molecule has 0 aliphatic carbocycles. The fourth-order valence-electron chi connectivity index (χ4n) is 3.41. The molecule has 0 unspecified atom stereocenters. The number of nitrogens with one attached hydrogen (secondary N) is 3. The number of aliphatic hydroxyl groups excluding tert-OH is 1. The van der Waals surface area contributed by atoms with Crippen molar-refractivity contribution < 1.29 is 28.9 Å². The van der Waals surface area contributed by atoms with Gasteiger partial charge in [-0.15, -0.1) is 0 Å². The molecule has 2 amide bonds. The van der Waals surface area contributed by atoms with Crippen molar-refractivity contribution >= 4 is 40.8 Å². The number of benzene rings is 2. The summed E-state index contributed by atoms with van der Waals surface area (Å²) in [5.74, 6) is 0.228.